The van der Waals surface area contributed by atoms with Crippen molar-refractivity contribution < 1.29 is 4.79 Å². The second-order valence-corrected chi connectivity index (χ2v) is 6.36. The van der Waals surface area contributed by atoms with Gasteiger partial charge in [0.2, 0.25) is 0 Å². The molecule has 0 bridgehead atoms. The lowest BCUT2D eigenvalue weighted by Gasteiger charge is -2.20. The molecule has 0 unspecified atom stereocenters. The van der Waals surface area contributed by atoms with Crippen molar-refractivity contribution in [3.63, 3.8) is 0 Å². The van der Waals surface area contributed by atoms with E-state index in [1.807, 2.05) is 50.5 Å². The predicted molar refractivity (Wildman–Crippen MR) is 101 cm³/mol. The lowest BCUT2D eigenvalue weighted by Crippen LogP contribution is -2.43. The maximum atomic E-state index is 11.7. The van der Waals surface area contributed by atoms with E-state index in [-0.39, 0.29) is 6.03 Å². The first-order valence-corrected chi connectivity index (χ1v) is 8.55. The number of aromatic nitrogens is 2. The molecule has 0 aliphatic carbocycles. The number of likely N-dealkylation sites (N-methyl/N-ethyl adjacent to an activating group) is 1. The molecule has 1 atom stereocenters. The molecule has 0 fully saturated rings. The number of para-hydroxylation sites is 1. The van der Waals surface area contributed by atoms with Crippen LogP contribution in [0.2, 0.25) is 0 Å². The minimum absolute atomic E-state index is 0.136. The Bertz CT molecular complexity index is 667. The SMILES string of the molecule is C[C@@H](CNC(=O)NCCCc1cc(N)n(-c2ccccc2)n1)N(C)C. The molecule has 1 aromatic carbocycles. The smallest absolute Gasteiger partial charge is 0.314 e. The number of nitrogens with two attached hydrogens (primary N) is 1. The van der Waals surface area contributed by atoms with Crippen molar-refractivity contribution >= 4 is 11.8 Å². The van der Waals surface area contributed by atoms with Gasteiger partial charge in [0.1, 0.15) is 5.82 Å². The van der Waals surface area contributed by atoms with Crippen LogP contribution >= 0.6 is 0 Å². The monoisotopic (exact) mass is 344 g/mol. The minimum Gasteiger partial charge on any atom is -0.384 e. The highest BCUT2D eigenvalue weighted by Gasteiger charge is 2.08. The summed E-state index contributed by atoms with van der Waals surface area (Å²) in [4.78, 5) is 13.8. The van der Waals surface area contributed by atoms with Gasteiger partial charge in [0.15, 0.2) is 0 Å². The van der Waals surface area contributed by atoms with E-state index >= 15 is 0 Å². The first-order chi connectivity index (χ1) is 12.0. The lowest BCUT2D eigenvalue weighted by molar-refractivity contribution is 0.234. The average Bonchev–Trinajstić information content (AvgIpc) is 2.98. The maximum Gasteiger partial charge on any atom is 0.314 e. The van der Waals surface area contributed by atoms with E-state index in [2.05, 4.69) is 27.6 Å². The highest BCUT2D eigenvalue weighted by Crippen LogP contribution is 2.14. The summed E-state index contributed by atoms with van der Waals surface area (Å²) in [6.45, 7) is 3.28. The highest BCUT2D eigenvalue weighted by atomic mass is 16.2. The number of hydrogen-bond donors (Lipinski definition) is 3. The fourth-order valence-corrected chi connectivity index (χ4v) is 2.30. The van der Waals surface area contributed by atoms with Gasteiger partial charge in [-0.2, -0.15) is 5.10 Å². The van der Waals surface area contributed by atoms with Crippen molar-refractivity contribution in [2.24, 2.45) is 0 Å². The summed E-state index contributed by atoms with van der Waals surface area (Å²) in [5.74, 6) is 0.615. The minimum atomic E-state index is -0.136. The molecule has 2 amide bonds. The van der Waals surface area contributed by atoms with E-state index in [1.54, 1.807) is 4.68 Å². The van der Waals surface area contributed by atoms with Gasteiger partial charge >= 0.3 is 6.03 Å². The number of aryl methyl sites for hydroxylation is 1. The van der Waals surface area contributed by atoms with Gasteiger partial charge in [0.25, 0.3) is 0 Å². The number of nitrogen functional groups attached to an aromatic ring is 1. The van der Waals surface area contributed by atoms with Gasteiger partial charge in [-0.25, -0.2) is 9.48 Å². The van der Waals surface area contributed by atoms with Crippen LogP contribution in [0.4, 0.5) is 10.6 Å². The topological polar surface area (TPSA) is 88.2 Å². The number of carbonyl (C=O) groups is 1. The number of nitrogens with zero attached hydrogens (tertiary/aromatic N) is 3. The third-order valence-electron chi connectivity index (χ3n) is 4.12. The molecule has 0 aliphatic heterocycles. The van der Waals surface area contributed by atoms with Gasteiger partial charge in [-0.1, -0.05) is 18.2 Å². The first-order valence-electron chi connectivity index (χ1n) is 8.55. The molecule has 7 nitrogen and oxygen atoms in total. The molecule has 0 saturated carbocycles. The number of carbonyl (C=O) groups excluding carboxylic acids is 1. The number of hydrogen-bond acceptors (Lipinski definition) is 4. The average molecular weight is 344 g/mol. The van der Waals surface area contributed by atoms with E-state index < -0.39 is 0 Å². The third-order valence-corrected chi connectivity index (χ3v) is 4.12. The molecule has 25 heavy (non-hydrogen) atoms. The van der Waals surface area contributed by atoms with Crippen LogP contribution in [0, 0.1) is 0 Å². The molecule has 0 saturated heterocycles. The Balaban J connectivity index is 1.73. The van der Waals surface area contributed by atoms with E-state index in [1.165, 1.54) is 0 Å². The lowest BCUT2D eigenvalue weighted by atomic mass is 10.2. The van der Waals surface area contributed by atoms with Crippen LogP contribution in [0.1, 0.15) is 19.0 Å². The second-order valence-electron chi connectivity index (χ2n) is 6.36. The van der Waals surface area contributed by atoms with Crippen LogP contribution in [0.25, 0.3) is 5.69 Å². The van der Waals surface area contributed by atoms with Crippen molar-refractivity contribution in [3.8, 4) is 5.69 Å². The Morgan fingerprint density at radius 3 is 2.68 bits per heavy atom. The van der Waals surface area contributed by atoms with Gasteiger partial charge in [-0.05, 0) is 46.0 Å². The molecule has 0 aliphatic rings. The molecule has 2 rings (SSSR count). The van der Waals surface area contributed by atoms with E-state index in [9.17, 15) is 4.79 Å². The number of nitrogens with one attached hydrogen (secondary N) is 2. The molecule has 0 radical (unpaired) electrons. The molecule has 2 aromatic rings. The summed E-state index contributed by atoms with van der Waals surface area (Å²) in [6.07, 6.45) is 1.57. The van der Waals surface area contributed by atoms with E-state index in [0.717, 1.165) is 24.2 Å². The fraction of sp³-hybridized carbons (Fsp3) is 0.444. The zero-order chi connectivity index (χ0) is 18.2. The quantitative estimate of drug-likeness (QED) is 0.635. The van der Waals surface area contributed by atoms with Gasteiger partial charge < -0.3 is 21.3 Å². The normalized spacial score (nSPS) is 12.2. The van der Waals surface area contributed by atoms with Gasteiger partial charge in [0.05, 0.1) is 11.4 Å². The Labute approximate surface area is 149 Å². The summed E-state index contributed by atoms with van der Waals surface area (Å²) in [5, 5.41) is 10.3. The van der Waals surface area contributed by atoms with Crippen LogP contribution in [-0.2, 0) is 6.42 Å². The predicted octanol–water partition coefficient (Wildman–Crippen LogP) is 1.64. The van der Waals surface area contributed by atoms with E-state index in [0.29, 0.717) is 24.9 Å². The van der Waals surface area contributed by atoms with Crippen molar-refractivity contribution in [3.05, 3.63) is 42.1 Å². The number of rotatable bonds is 8. The second kappa shape index (κ2) is 9.08. The van der Waals surface area contributed by atoms with Crippen LogP contribution in [-0.4, -0.2) is 53.9 Å². The Hall–Kier alpha value is -2.54. The molecular formula is C18H28N6O. The molecule has 7 heteroatoms. The molecular weight excluding hydrogens is 316 g/mol. The first kappa shape index (κ1) is 18.8. The van der Waals surface area contributed by atoms with Gasteiger partial charge in [-0.15, -0.1) is 0 Å². The van der Waals surface area contributed by atoms with E-state index in [4.69, 9.17) is 5.73 Å². The van der Waals surface area contributed by atoms with Crippen molar-refractivity contribution in [1.82, 2.24) is 25.3 Å². The Morgan fingerprint density at radius 2 is 2.00 bits per heavy atom. The largest absolute Gasteiger partial charge is 0.384 e. The number of benzene rings is 1. The molecule has 4 N–H and O–H groups in total. The summed E-state index contributed by atoms with van der Waals surface area (Å²) in [7, 11) is 3.98. The third kappa shape index (κ3) is 5.79. The van der Waals surface area contributed by atoms with Gasteiger partial charge in [-0.3, -0.25) is 0 Å². The fourth-order valence-electron chi connectivity index (χ4n) is 2.30. The summed E-state index contributed by atoms with van der Waals surface area (Å²) in [5.41, 5.74) is 7.90. The summed E-state index contributed by atoms with van der Waals surface area (Å²) < 4.78 is 1.73. The molecule has 136 valence electrons. The molecule has 1 aromatic heterocycles. The van der Waals surface area contributed by atoms with Crippen LogP contribution in [0.3, 0.4) is 0 Å². The van der Waals surface area contributed by atoms with Gasteiger partial charge in [0, 0.05) is 25.2 Å². The van der Waals surface area contributed by atoms with Crippen molar-refractivity contribution in [1.29, 1.82) is 0 Å². The molecule has 1 heterocycles. The summed E-state index contributed by atoms with van der Waals surface area (Å²) in [6, 6.07) is 11.8. The van der Waals surface area contributed by atoms with Crippen LogP contribution in [0.5, 0.6) is 0 Å². The Morgan fingerprint density at radius 1 is 1.28 bits per heavy atom. The maximum absolute atomic E-state index is 11.7. The zero-order valence-corrected chi connectivity index (χ0v) is 15.2. The zero-order valence-electron chi connectivity index (χ0n) is 15.2. The van der Waals surface area contributed by atoms with Crippen molar-refractivity contribution in [2.75, 3.05) is 32.9 Å². The highest BCUT2D eigenvalue weighted by molar-refractivity contribution is 5.73. The summed E-state index contributed by atoms with van der Waals surface area (Å²) >= 11 is 0. The number of urea groups is 1. The Kier molecular flexibility index (Phi) is 6.82. The van der Waals surface area contributed by atoms with Crippen LogP contribution in [0.15, 0.2) is 36.4 Å². The number of amides is 2. The number of anilines is 1. The molecule has 0 spiro atoms. The standard InChI is InChI=1S/C18H28N6O/c1-14(23(2)3)13-21-18(25)20-11-7-8-15-12-17(19)24(22-15)16-9-5-4-6-10-16/h4-6,9-10,12,14H,7-8,11,13,19H2,1-3H3,(H2,20,21,25)/t14-/m0/s1. The van der Waals surface area contributed by atoms with Crippen LogP contribution < -0.4 is 16.4 Å². The van der Waals surface area contributed by atoms with Crippen molar-refractivity contribution in [2.45, 2.75) is 25.8 Å².